The monoisotopic (exact) mass is 365 g/mol. The minimum Gasteiger partial charge on any atom is -0.378 e. The van der Waals surface area contributed by atoms with Gasteiger partial charge in [-0.25, -0.2) is 4.98 Å². The standard InChI is InChI=1S/C20H23N5O2/c1-14-3-2-4-16(23-14)11-25-7-8-27-12-17(25)10-20(26)24-15-5-6-18-19(9-15)22-13-21-18/h2-6,9,13,17H,7-8,10-12H2,1H3,(H,21,22)(H,24,26). The van der Waals surface area contributed by atoms with Gasteiger partial charge in [-0.05, 0) is 37.3 Å². The molecule has 1 fully saturated rings. The molecule has 2 N–H and O–H groups in total. The number of rotatable bonds is 5. The van der Waals surface area contributed by atoms with Crippen molar-refractivity contribution in [3.63, 3.8) is 0 Å². The number of ether oxygens (including phenoxy) is 1. The predicted octanol–water partition coefficient (Wildman–Crippen LogP) is 2.50. The first kappa shape index (κ1) is 17.6. The SMILES string of the molecule is Cc1cccc(CN2CCOCC2CC(=O)Nc2ccc3nc[nH]c3c2)n1. The molecular formula is C20H23N5O2. The van der Waals surface area contributed by atoms with Gasteiger partial charge in [0.1, 0.15) is 0 Å². The maximum atomic E-state index is 12.6. The molecule has 140 valence electrons. The van der Waals surface area contributed by atoms with Crippen molar-refractivity contribution in [1.82, 2.24) is 19.9 Å². The minimum atomic E-state index is -0.0217. The van der Waals surface area contributed by atoms with Gasteiger partial charge >= 0.3 is 0 Å². The second-order valence-electron chi connectivity index (χ2n) is 6.86. The third kappa shape index (κ3) is 4.32. The Balaban J connectivity index is 1.40. The quantitative estimate of drug-likeness (QED) is 0.726. The van der Waals surface area contributed by atoms with Gasteiger partial charge in [0, 0.05) is 36.9 Å². The van der Waals surface area contributed by atoms with Gasteiger partial charge in [-0.3, -0.25) is 14.7 Å². The van der Waals surface area contributed by atoms with Gasteiger partial charge in [-0.1, -0.05) is 6.07 Å². The van der Waals surface area contributed by atoms with Gasteiger partial charge in [0.2, 0.25) is 5.91 Å². The van der Waals surface area contributed by atoms with E-state index < -0.39 is 0 Å². The van der Waals surface area contributed by atoms with Crippen LogP contribution in [0.1, 0.15) is 17.8 Å². The van der Waals surface area contributed by atoms with Crippen molar-refractivity contribution >= 4 is 22.6 Å². The second kappa shape index (κ2) is 7.85. The van der Waals surface area contributed by atoms with Gasteiger partial charge in [0.05, 0.1) is 36.3 Å². The van der Waals surface area contributed by atoms with E-state index in [2.05, 4.69) is 25.2 Å². The van der Waals surface area contributed by atoms with E-state index in [1.807, 2.05) is 43.3 Å². The number of imidazole rings is 1. The first-order valence-electron chi connectivity index (χ1n) is 9.15. The smallest absolute Gasteiger partial charge is 0.226 e. The van der Waals surface area contributed by atoms with Crippen molar-refractivity contribution in [2.24, 2.45) is 0 Å². The summed E-state index contributed by atoms with van der Waals surface area (Å²) in [5, 5.41) is 2.98. The first-order valence-corrected chi connectivity index (χ1v) is 9.15. The van der Waals surface area contributed by atoms with Crippen LogP contribution in [0.2, 0.25) is 0 Å². The molecule has 0 saturated carbocycles. The van der Waals surface area contributed by atoms with Crippen molar-refractivity contribution in [3.8, 4) is 0 Å². The molecule has 27 heavy (non-hydrogen) atoms. The molecule has 1 saturated heterocycles. The fourth-order valence-electron chi connectivity index (χ4n) is 3.42. The largest absolute Gasteiger partial charge is 0.378 e. The molecule has 1 aromatic carbocycles. The summed E-state index contributed by atoms with van der Waals surface area (Å²) in [5.41, 5.74) is 4.57. The summed E-state index contributed by atoms with van der Waals surface area (Å²) >= 11 is 0. The van der Waals surface area contributed by atoms with Crippen LogP contribution in [0.3, 0.4) is 0 Å². The highest BCUT2D eigenvalue weighted by Gasteiger charge is 2.26. The molecule has 1 aliphatic heterocycles. The molecule has 1 amide bonds. The van der Waals surface area contributed by atoms with E-state index >= 15 is 0 Å². The molecule has 3 aromatic rings. The van der Waals surface area contributed by atoms with Crippen LogP contribution >= 0.6 is 0 Å². The maximum absolute atomic E-state index is 12.6. The highest BCUT2D eigenvalue weighted by atomic mass is 16.5. The lowest BCUT2D eigenvalue weighted by Gasteiger charge is -2.35. The van der Waals surface area contributed by atoms with Crippen molar-refractivity contribution < 1.29 is 9.53 Å². The molecule has 1 aliphatic rings. The van der Waals surface area contributed by atoms with E-state index in [9.17, 15) is 4.79 Å². The van der Waals surface area contributed by atoms with E-state index in [0.29, 0.717) is 19.6 Å². The summed E-state index contributed by atoms with van der Waals surface area (Å²) in [6.45, 7) is 4.75. The first-order chi connectivity index (χ1) is 13.2. The molecule has 7 nitrogen and oxygen atoms in total. The topological polar surface area (TPSA) is 83.1 Å². The number of nitrogens with zero attached hydrogens (tertiary/aromatic N) is 3. The van der Waals surface area contributed by atoms with E-state index in [1.165, 1.54) is 0 Å². The van der Waals surface area contributed by atoms with Crippen LogP contribution in [0.25, 0.3) is 11.0 Å². The molecule has 4 rings (SSSR count). The van der Waals surface area contributed by atoms with E-state index in [1.54, 1.807) is 6.33 Å². The Morgan fingerprint density at radius 1 is 1.37 bits per heavy atom. The number of aryl methyl sites for hydroxylation is 1. The van der Waals surface area contributed by atoms with Crippen LogP contribution < -0.4 is 5.32 Å². The molecule has 2 aromatic heterocycles. The van der Waals surface area contributed by atoms with Gasteiger partial charge in [0.15, 0.2) is 0 Å². The van der Waals surface area contributed by atoms with Gasteiger partial charge in [-0.15, -0.1) is 0 Å². The highest BCUT2D eigenvalue weighted by molar-refractivity contribution is 5.93. The number of hydrogen-bond donors (Lipinski definition) is 2. The number of pyridine rings is 1. The summed E-state index contributed by atoms with van der Waals surface area (Å²) in [5.74, 6) is -0.0217. The van der Waals surface area contributed by atoms with Crippen molar-refractivity contribution in [3.05, 3.63) is 54.1 Å². The summed E-state index contributed by atoms with van der Waals surface area (Å²) in [6.07, 6.45) is 2.03. The number of anilines is 1. The number of H-pyrrole nitrogens is 1. The number of carbonyl (C=O) groups is 1. The molecule has 0 radical (unpaired) electrons. The van der Waals surface area contributed by atoms with Gasteiger partial charge < -0.3 is 15.0 Å². The van der Waals surface area contributed by atoms with Gasteiger partial charge in [0.25, 0.3) is 0 Å². The molecule has 3 heterocycles. The number of aromatic amines is 1. The zero-order chi connectivity index (χ0) is 18.6. The Morgan fingerprint density at radius 3 is 3.19 bits per heavy atom. The fraction of sp³-hybridized carbons (Fsp3) is 0.350. The molecule has 0 aliphatic carbocycles. The summed E-state index contributed by atoms with van der Waals surface area (Å²) in [4.78, 5) is 26.7. The van der Waals surface area contributed by atoms with Crippen molar-refractivity contribution in [2.45, 2.75) is 25.9 Å². The zero-order valence-corrected chi connectivity index (χ0v) is 15.3. The lowest BCUT2D eigenvalue weighted by molar-refractivity contribution is -0.119. The Bertz CT molecular complexity index is 939. The summed E-state index contributed by atoms with van der Waals surface area (Å²) in [7, 11) is 0. The third-order valence-electron chi connectivity index (χ3n) is 4.79. The molecule has 1 atom stereocenters. The van der Waals surface area contributed by atoms with Crippen LogP contribution in [-0.4, -0.2) is 51.6 Å². The lowest BCUT2D eigenvalue weighted by Crippen LogP contribution is -2.46. The molecule has 0 spiro atoms. The number of benzene rings is 1. The van der Waals surface area contributed by atoms with Crippen molar-refractivity contribution in [2.75, 3.05) is 25.1 Å². The molecule has 1 unspecified atom stereocenters. The number of fused-ring (bicyclic) bond motifs is 1. The van der Waals surface area contributed by atoms with Crippen LogP contribution in [0.15, 0.2) is 42.7 Å². The van der Waals surface area contributed by atoms with E-state index in [-0.39, 0.29) is 11.9 Å². The number of aromatic nitrogens is 3. The third-order valence-corrected chi connectivity index (χ3v) is 4.79. The Labute approximate surface area is 157 Å². The van der Waals surface area contributed by atoms with Crippen LogP contribution in [0.5, 0.6) is 0 Å². The predicted molar refractivity (Wildman–Crippen MR) is 103 cm³/mol. The second-order valence-corrected chi connectivity index (χ2v) is 6.86. The number of carbonyl (C=O) groups excluding carboxylic acids is 1. The summed E-state index contributed by atoms with van der Waals surface area (Å²) in [6, 6.07) is 11.7. The number of amides is 1. The molecular weight excluding hydrogens is 342 g/mol. The van der Waals surface area contributed by atoms with Crippen LogP contribution in [-0.2, 0) is 16.1 Å². The van der Waals surface area contributed by atoms with Crippen LogP contribution in [0, 0.1) is 6.92 Å². The average molecular weight is 365 g/mol. The van der Waals surface area contributed by atoms with Crippen molar-refractivity contribution in [1.29, 1.82) is 0 Å². The normalized spacial score (nSPS) is 17.9. The fourth-order valence-corrected chi connectivity index (χ4v) is 3.42. The Kier molecular flexibility index (Phi) is 5.13. The lowest BCUT2D eigenvalue weighted by atomic mass is 10.1. The highest BCUT2D eigenvalue weighted by Crippen LogP contribution is 2.18. The minimum absolute atomic E-state index is 0.0217. The number of hydrogen-bond acceptors (Lipinski definition) is 5. The van der Waals surface area contributed by atoms with E-state index in [0.717, 1.165) is 41.2 Å². The Hall–Kier alpha value is -2.77. The molecule has 7 heteroatoms. The Morgan fingerprint density at radius 2 is 2.30 bits per heavy atom. The maximum Gasteiger partial charge on any atom is 0.226 e. The molecule has 0 bridgehead atoms. The van der Waals surface area contributed by atoms with Gasteiger partial charge in [-0.2, -0.15) is 0 Å². The number of morpholine rings is 1. The summed E-state index contributed by atoms with van der Waals surface area (Å²) < 4.78 is 5.62. The van der Waals surface area contributed by atoms with Crippen LogP contribution in [0.4, 0.5) is 5.69 Å². The van der Waals surface area contributed by atoms with E-state index in [4.69, 9.17) is 4.74 Å². The number of nitrogens with one attached hydrogen (secondary N) is 2. The average Bonchev–Trinajstić information content (AvgIpc) is 3.11. The zero-order valence-electron chi connectivity index (χ0n) is 15.3.